The van der Waals surface area contributed by atoms with Crippen molar-refractivity contribution in [3.05, 3.63) is 78.4 Å². The highest BCUT2D eigenvalue weighted by molar-refractivity contribution is 7.89. The van der Waals surface area contributed by atoms with Crippen LogP contribution in [-0.4, -0.2) is 49.2 Å². The van der Waals surface area contributed by atoms with Crippen LogP contribution in [0.5, 0.6) is 11.5 Å². The van der Waals surface area contributed by atoms with Crippen molar-refractivity contribution >= 4 is 10.0 Å². The summed E-state index contributed by atoms with van der Waals surface area (Å²) in [6, 6.07) is 21.4. The van der Waals surface area contributed by atoms with Crippen molar-refractivity contribution in [2.45, 2.75) is 11.8 Å². The average Bonchev–Trinajstić information content (AvgIpc) is 3.33. The highest BCUT2D eigenvalue weighted by atomic mass is 32.2. The van der Waals surface area contributed by atoms with E-state index in [2.05, 4.69) is 10.2 Å². The Hall–Kier alpha value is -3.69. The summed E-state index contributed by atoms with van der Waals surface area (Å²) in [7, 11) is -3.75. The lowest BCUT2D eigenvalue weighted by molar-refractivity contribution is 0.237. The molecule has 0 atom stereocenters. The molecule has 0 aliphatic carbocycles. The summed E-state index contributed by atoms with van der Waals surface area (Å²) in [6.07, 6.45) is 0. The first-order valence-corrected chi connectivity index (χ1v) is 12.3. The Balaban J connectivity index is 1.52. The monoisotopic (exact) mass is 477 g/mol. The summed E-state index contributed by atoms with van der Waals surface area (Å²) in [5.74, 6) is 1.68. The van der Waals surface area contributed by atoms with E-state index in [1.54, 1.807) is 36.4 Å². The van der Waals surface area contributed by atoms with Crippen molar-refractivity contribution < 1.29 is 22.3 Å². The molecule has 1 aromatic heterocycles. The van der Waals surface area contributed by atoms with Crippen LogP contribution < -0.4 is 9.47 Å². The molecule has 9 heteroatoms. The molecular weight excluding hydrogens is 454 g/mol. The number of aryl methyl sites for hydroxylation is 1. The van der Waals surface area contributed by atoms with E-state index in [9.17, 15) is 8.42 Å². The van der Waals surface area contributed by atoms with Crippen LogP contribution >= 0.6 is 0 Å². The van der Waals surface area contributed by atoms with Crippen LogP contribution in [0.1, 0.15) is 5.56 Å². The van der Waals surface area contributed by atoms with Gasteiger partial charge < -0.3 is 13.9 Å². The maximum atomic E-state index is 13.4. The quantitative estimate of drug-likeness (QED) is 0.428. The van der Waals surface area contributed by atoms with E-state index in [0.29, 0.717) is 34.4 Å². The van der Waals surface area contributed by atoms with Gasteiger partial charge in [-0.05, 0) is 43.3 Å². The van der Waals surface area contributed by atoms with Crippen LogP contribution in [0.25, 0.3) is 22.9 Å². The molecule has 1 aliphatic heterocycles. The van der Waals surface area contributed by atoms with Crippen LogP contribution in [0.3, 0.4) is 0 Å². The third-order valence-corrected chi connectivity index (χ3v) is 7.43. The number of nitrogens with zero attached hydrogens (tertiary/aromatic N) is 3. The first-order valence-electron chi connectivity index (χ1n) is 10.9. The summed E-state index contributed by atoms with van der Waals surface area (Å²) in [5, 5.41) is 8.38. The molecule has 34 heavy (non-hydrogen) atoms. The second-order valence-electron chi connectivity index (χ2n) is 7.82. The smallest absolute Gasteiger partial charge is 0.251 e. The van der Waals surface area contributed by atoms with Gasteiger partial charge in [-0.2, -0.15) is 4.31 Å². The van der Waals surface area contributed by atoms with Crippen LogP contribution in [0.4, 0.5) is 0 Å². The number of sulfonamides is 1. The SMILES string of the molecule is Cc1ccc(S(=O)(=O)N2CCOc3ccccc3-c3nnc(o3)-c3ccccc3OCC2)cc1. The third kappa shape index (κ3) is 4.40. The topological polar surface area (TPSA) is 94.8 Å². The minimum atomic E-state index is -3.75. The lowest BCUT2D eigenvalue weighted by Gasteiger charge is -2.23. The van der Waals surface area contributed by atoms with E-state index in [-0.39, 0.29) is 31.2 Å². The summed E-state index contributed by atoms with van der Waals surface area (Å²) in [4.78, 5) is 0.232. The number of ether oxygens (including phenoxy) is 2. The van der Waals surface area contributed by atoms with Gasteiger partial charge in [-0.1, -0.05) is 42.0 Å². The van der Waals surface area contributed by atoms with Gasteiger partial charge >= 0.3 is 0 Å². The molecule has 0 spiro atoms. The Bertz CT molecular complexity index is 1330. The summed E-state index contributed by atoms with van der Waals surface area (Å²) < 4.78 is 46.1. The Morgan fingerprint density at radius 1 is 0.735 bits per heavy atom. The van der Waals surface area contributed by atoms with Gasteiger partial charge in [0.15, 0.2) is 0 Å². The minimum Gasteiger partial charge on any atom is -0.491 e. The fraction of sp³-hybridized carbons (Fsp3) is 0.200. The molecule has 1 aliphatic rings. The summed E-state index contributed by atoms with van der Waals surface area (Å²) in [5.41, 5.74) is 2.25. The predicted octanol–water partition coefficient (Wildman–Crippen LogP) is 4.17. The van der Waals surface area contributed by atoms with E-state index in [1.807, 2.05) is 43.3 Å². The summed E-state index contributed by atoms with van der Waals surface area (Å²) >= 11 is 0. The van der Waals surface area contributed by atoms with Gasteiger partial charge in [0.1, 0.15) is 24.7 Å². The van der Waals surface area contributed by atoms with Gasteiger partial charge in [0, 0.05) is 13.1 Å². The number of hydrogen-bond donors (Lipinski definition) is 0. The fourth-order valence-electron chi connectivity index (χ4n) is 3.71. The number of benzene rings is 3. The van der Waals surface area contributed by atoms with Gasteiger partial charge in [0.2, 0.25) is 10.0 Å². The molecule has 3 aromatic carbocycles. The molecule has 0 saturated carbocycles. The first kappa shape index (κ1) is 22.1. The van der Waals surface area contributed by atoms with Gasteiger partial charge in [-0.3, -0.25) is 0 Å². The molecule has 0 radical (unpaired) electrons. The van der Waals surface area contributed by atoms with E-state index in [1.165, 1.54) is 4.31 Å². The number of rotatable bonds is 2. The second kappa shape index (κ2) is 9.28. The molecule has 0 saturated heterocycles. The van der Waals surface area contributed by atoms with E-state index < -0.39 is 10.0 Å². The highest BCUT2D eigenvalue weighted by Crippen LogP contribution is 2.34. The maximum absolute atomic E-state index is 13.4. The maximum Gasteiger partial charge on any atom is 0.251 e. The molecule has 0 fully saturated rings. The third-order valence-electron chi connectivity index (χ3n) is 5.52. The molecule has 4 aromatic rings. The van der Waals surface area contributed by atoms with Gasteiger partial charge in [-0.15, -0.1) is 10.2 Å². The number of para-hydroxylation sites is 2. The van der Waals surface area contributed by atoms with Crippen molar-refractivity contribution in [2.75, 3.05) is 26.3 Å². The highest BCUT2D eigenvalue weighted by Gasteiger charge is 2.25. The Morgan fingerprint density at radius 3 is 1.76 bits per heavy atom. The molecule has 0 unspecified atom stereocenters. The molecule has 0 amide bonds. The van der Waals surface area contributed by atoms with Crippen molar-refractivity contribution in [3.8, 4) is 34.4 Å². The normalized spacial score (nSPS) is 14.7. The van der Waals surface area contributed by atoms with Crippen molar-refractivity contribution in [3.63, 3.8) is 0 Å². The lowest BCUT2D eigenvalue weighted by Crippen LogP contribution is -2.37. The van der Waals surface area contributed by atoms with E-state index in [4.69, 9.17) is 13.9 Å². The molecule has 0 N–H and O–H groups in total. The minimum absolute atomic E-state index is 0.139. The predicted molar refractivity (Wildman–Crippen MR) is 126 cm³/mol. The number of aromatic nitrogens is 2. The lowest BCUT2D eigenvalue weighted by atomic mass is 10.2. The van der Waals surface area contributed by atoms with Crippen molar-refractivity contribution in [2.24, 2.45) is 0 Å². The van der Waals surface area contributed by atoms with Gasteiger partial charge in [0.05, 0.1) is 16.0 Å². The average molecular weight is 478 g/mol. The number of hydrogen-bond acceptors (Lipinski definition) is 7. The van der Waals surface area contributed by atoms with Gasteiger partial charge in [-0.25, -0.2) is 8.42 Å². The van der Waals surface area contributed by atoms with Crippen LogP contribution in [0.2, 0.25) is 0 Å². The van der Waals surface area contributed by atoms with Crippen LogP contribution in [0, 0.1) is 6.92 Å². The zero-order valence-electron chi connectivity index (χ0n) is 18.5. The van der Waals surface area contributed by atoms with E-state index in [0.717, 1.165) is 5.56 Å². The van der Waals surface area contributed by atoms with E-state index >= 15 is 0 Å². The van der Waals surface area contributed by atoms with Crippen molar-refractivity contribution in [1.82, 2.24) is 14.5 Å². The molecule has 8 nitrogen and oxygen atoms in total. The fourth-order valence-corrected chi connectivity index (χ4v) is 5.11. The van der Waals surface area contributed by atoms with Crippen molar-refractivity contribution in [1.29, 1.82) is 0 Å². The van der Waals surface area contributed by atoms with Crippen LogP contribution in [-0.2, 0) is 10.0 Å². The summed E-state index contributed by atoms with van der Waals surface area (Å²) in [6.45, 7) is 2.48. The molecule has 5 rings (SSSR count). The Kier molecular flexibility index (Phi) is 6.04. The zero-order valence-corrected chi connectivity index (χ0v) is 19.4. The van der Waals surface area contributed by atoms with Crippen LogP contribution in [0.15, 0.2) is 82.1 Å². The Morgan fingerprint density at radius 2 is 1.24 bits per heavy atom. The Labute approximate surface area is 197 Å². The molecule has 2 bridgehead atoms. The molecule has 2 heterocycles. The number of fused-ring (bicyclic) bond motifs is 6. The second-order valence-corrected chi connectivity index (χ2v) is 9.76. The first-order chi connectivity index (χ1) is 16.5. The van der Waals surface area contributed by atoms with Gasteiger partial charge in [0.25, 0.3) is 11.8 Å². The standard InChI is InChI=1S/C25H23N3O5S/c1-18-10-12-19(13-11-18)34(29,30)28-14-16-31-22-8-4-2-6-20(22)24-26-27-25(33-24)21-7-3-5-9-23(21)32-17-15-28/h2-13H,14-17H2,1H3. The molecule has 174 valence electrons. The largest absolute Gasteiger partial charge is 0.491 e. The molecular formula is C25H23N3O5S. The zero-order chi connectivity index (χ0) is 23.5.